The molecule has 0 bridgehead atoms. The van der Waals surface area contributed by atoms with E-state index in [-0.39, 0.29) is 31.3 Å². The van der Waals surface area contributed by atoms with Crippen molar-refractivity contribution >= 4 is 64.7 Å². The Morgan fingerprint density at radius 1 is 0.872 bits per heavy atom. The summed E-state index contributed by atoms with van der Waals surface area (Å²) in [6.45, 7) is 4.75. The Kier molecular flexibility index (Phi) is 14.3. The van der Waals surface area contributed by atoms with Crippen LogP contribution < -0.4 is 26.0 Å². The van der Waals surface area contributed by atoms with Crippen LogP contribution in [0.3, 0.4) is 0 Å². The second kappa shape index (κ2) is 18.4. The Balaban J connectivity index is 1.74. The maximum absolute atomic E-state index is 13.5. The molecule has 0 spiro atoms. The second-order valence-electron chi connectivity index (χ2n) is 10.1. The lowest BCUT2D eigenvalue weighted by Crippen LogP contribution is -2.46. The van der Waals surface area contributed by atoms with E-state index >= 15 is 0 Å². The molecule has 0 aliphatic carbocycles. The molecule has 4 N–H and O–H groups in total. The average molecular weight is 680 g/mol. The van der Waals surface area contributed by atoms with Gasteiger partial charge in [-0.3, -0.25) is 28.5 Å². The summed E-state index contributed by atoms with van der Waals surface area (Å²) in [5.74, 6) is -1.91. The van der Waals surface area contributed by atoms with Crippen molar-refractivity contribution in [2.24, 2.45) is 0 Å². The number of carbonyl (C=O) groups excluding carboxylic acids is 5. The van der Waals surface area contributed by atoms with Crippen LogP contribution in [0.25, 0.3) is 10.9 Å². The molecule has 1 heterocycles. The molecule has 0 saturated carbocycles. The molecule has 13 heteroatoms. The molecule has 11 nitrogen and oxygen atoms in total. The highest BCUT2D eigenvalue weighted by Gasteiger charge is 2.21. The summed E-state index contributed by atoms with van der Waals surface area (Å²) in [5, 5.41) is 11.2. The van der Waals surface area contributed by atoms with Crippen LogP contribution in [0.15, 0.2) is 78.9 Å². The molecule has 0 saturated heterocycles. The summed E-state index contributed by atoms with van der Waals surface area (Å²) in [6.07, 6.45) is 10.4. The minimum atomic E-state index is -0.911. The monoisotopic (exact) mass is 679 g/mol. The molecule has 1 atom stereocenters. The van der Waals surface area contributed by atoms with Gasteiger partial charge in [0.25, 0.3) is 5.91 Å². The van der Waals surface area contributed by atoms with E-state index < -0.39 is 29.9 Å². The molecular formula is C34H38ClN5O6S. The number of halogens is 1. The quantitative estimate of drug-likeness (QED) is 0.0942. The normalized spacial score (nSPS) is 12.0. The Bertz CT molecular complexity index is 1700. The summed E-state index contributed by atoms with van der Waals surface area (Å²) >= 11 is 9.82. The molecule has 248 valence electrons. The van der Waals surface area contributed by atoms with E-state index in [4.69, 9.17) is 16.3 Å². The highest BCUT2D eigenvalue weighted by molar-refractivity contribution is 7.81. The van der Waals surface area contributed by atoms with Crippen molar-refractivity contribution in [3.63, 3.8) is 0 Å². The second-order valence-corrected chi connectivity index (χ2v) is 10.9. The van der Waals surface area contributed by atoms with Crippen LogP contribution >= 0.6 is 24.2 Å². The lowest BCUT2D eigenvalue weighted by molar-refractivity contribution is -0.128. The van der Waals surface area contributed by atoms with Gasteiger partial charge in [0.15, 0.2) is 6.23 Å². The molecule has 3 aromatic rings. The van der Waals surface area contributed by atoms with Crippen molar-refractivity contribution < 1.29 is 28.7 Å². The van der Waals surface area contributed by atoms with E-state index in [2.05, 4.69) is 33.9 Å². The Hall–Kier alpha value is -4.81. The summed E-state index contributed by atoms with van der Waals surface area (Å²) in [4.78, 5) is 61.4. The zero-order valence-corrected chi connectivity index (χ0v) is 28.0. The SMILES string of the molecule is C/C=C/C=C/C=C/C(NC(=O)CNC(=O)CNC(=O)CNC(=O)CS)Oc1ccc2c(c1)c(CC)c(C)n2C(=O)c1ccc(Cl)cc1. The maximum atomic E-state index is 13.5. The number of hydrogen-bond donors (Lipinski definition) is 5. The van der Waals surface area contributed by atoms with E-state index in [0.29, 0.717) is 22.8 Å². The van der Waals surface area contributed by atoms with Crippen molar-refractivity contribution in [3.8, 4) is 5.75 Å². The van der Waals surface area contributed by atoms with E-state index in [1.54, 1.807) is 59.2 Å². The number of rotatable bonds is 15. The minimum Gasteiger partial charge on any atom is -0.467 e. The predicted octanol–water partition coefficient (Wildman–Crippen LogP) is 3.64. The lowest BCUT2D eigenvalue weighted by Gasteiger charge is -2.18. The number of fused-ring (bicyclic) bond motifs is 1. The fourth-order valence-corrected chi connectivity index (χ4v) is 4.80. The number of thiol groups is 1. The standard InChI is InChI=1S/C34H38ClN5O6S/c1-4-6-7-8-9-10-33(39-31(43)20-37-29(41)18-36-30(42)19-38-32(44)21-47)46-25-15-16-28-27(17-25)26(5-2)22(3)40(28)34(45)23-11-13-24(35)14-12-23/h4,6-17,33,47H,5,18-21H2,1-3H3,(H,36,42)(H,37,41)(H,38,44)(H,39,43)/b6-4+,8-7+,10-9+. The first-order valence-electron chi connectivity index (χ1n) is 14.8. The highest BCUT2D eigenvalue weighted by Crippen LogP contribution is 2.31. The van der Waals surface area contributed by atoms with Crippen LogP contribution in [0.4, 0.5) is 0 Å². The van der Waals surface area contributed by atoms with Gasteiger partial charge in [0.2, 0.25) is 23.6 Å². The zero-order chi connectivity index (χ0) is 34.3. The summed E-state index contributed by atoms with van der Waals surface area (Å²) in [7, 11) is 0. The fraction of sp³-hybridized carbons (Fsp3) is 0.265. The maximum Gasteiger partial charge on any atom is 0.262 e. The number of amides is 4. The van der Waals surface area contributed by atoms with E-state index in [9.17, 15) is 24.0 Å². The molecule has 1 aromatic heterocycles. The smallest absolute Gasteiger partial charge is 0.262 e. The number of hydrogen-bond acceptors (Lipinski definition) is 7. The third kappa shape index (κ3) is 10.9. The molecule has 0 fully saturated rings. The Morgan fingerprint density at radius 2 is 1.49 bits per heavy atom. The number of nitrogens with one attached hydrogen (secondary N) is 4. The predicted molar refractivity (Wildman–Crippen MR) is 186 cm³/mol. The summed E-state index contributed by atoms with van der Waals surface area (Å²) in [6, 6.07) is 12.1. The minimum absolute atomic E-state index is 0.0669. The van der Waals surface area contributed by atoms with Gasteiger partial charge >= 0.3 is 0 Å². The largest absolute Gasteiger partial charge is 0.467 e. The number of benzene rings is 2. The number of aryl methyl sites for hydroxylation is 1. The number of nitrogens with zero attached hydrogens (tertiary/aromatic N) is 1. The first kappa shape index (κ1) is 36.7. The van der Waals surface area contributed by atoms with Gasteiger partial charge in [0.05, 0.1) is 30.9 Å². The Morgan fingerprint density at radius 3 is 2.11 bits per heavy atom. The number of allylic oxidation sites excluding steroid dienone is 5. The Labute approximate surface area is 283 Å². The number of carbonyl (C=O) groups is 5. The third-order valence-electron chi connectivity index (χ3n) is 6.81. The van der Waals surface area contributed by atoms with Crippen molar-refractivity contribution in [1.29, 1.82) is 0 Å². The van der Waals surface area contributed by atoms with Crippen LogP contribution in [0.2, 0.25) is 5.02 Å². The summed E-state index contributed by atoms with van der Waals surface area (Å²) < 4.78 is 7.84. The molecule has 1 unspecified atom stereocenters. The molecule has 3 rings (SSSR count). The highest BCUT2D eigenvalue weighted by atomic mass is 35.5. The number of ether oxygens (including phenoxy) is 1. The molecular weight excluding hydrogens is 642 g/mol. The van der Waals surface area contributed by atoms with Gasteiger partial charge in [-0.25, -0.2) is 0 Å². The topological polar surface area (TPSA) is 148 Å². The van der Waals surface area contributed by atoms with Crippen molar-refractivity contribution in [2.75, 3.05) is 25.4 Å². The molecule has 47 heavy (non-hydrogen) atoms. The van der Waals surface area contributed by atoms with Gasteiger partial charge in [-0.1, -0.05) is 48.9 Å². The van der Waals surface area contributed by atoms with Gasteiger partial charge in [0, 0.05) is 21.7 Å². The van der Waals surface area contributed by atoms with Crippen LogP contribution in [-0.2, 0) is 25.6 Å². The van der Waals surface area contributed by atoms with Gasteiger partial charge in [0.1, 0.15) is 5.75 Å². The van der Waals surface area contributed by atoms with Gasteiger partial charge < -0.3 is 26.0 Å². The van der Waals surface area contributed by atoms with Gasteiger partial charge in [-0.2, -0.15) is 12.6 Å². The zero-order valence-electron chi connectivity index (χ0n) is 26.3. The van der Waals surface area contributed by atoms with Crippen LogP contribution in [0.1, 0.15) is 35.5 Å². The van der Waals surface area contributed by atoms with E-state index in [1.807, 2.05) is 45.1 Å². The van der Waals surface area contributed by atoms with Crippen molar-refractivity contribution in [2.45, 2.75) is 33.4 Å². The van der Waals surface area contributed by atoms with E-state index in [1.165, 1.54) is 0 Å². The van der Waals surface area contributed by atoms with Crippen LogP contribution in [0, 0.1) is 6.92 Å². The van der Waals surface area contributed by atoms with Gasteiger partial charge in [-0.05, 0) is 74.4 Å². The van der Waals surface area contributed by atoms with Crippen LogP contribution in [-0.4, -0.2) is 65.7 Å². The third-order valence-corrected chi connectivity index (χ3v) is 7.35. The summed E-state index contributed by atoms with van der Waals surface area (Å²) in [5.41, 5.74) is 3.02. The first-order valence-corrected chi connectivity index (χ1v) is 15.9. The van der Waals surface area contributed by atoms with Gasteiger partial charge in [-0.15, -0.1) is 0 Å². The first-order chi connectivity index (χ1) is 22.6. The lowest BCUT2D eigenvalue weighted by atomic mass is 10.1. The molecule has 4 amide bonds. The van der Waals surface area contributed by atoms with Crippen molar-refractivity contribution in [1.82, 2.24) is 25.8 Å². The average Bonchev–Trinajstić information content (AvgIpc) is 3.34. The fourth-order valence-electron chi connectivity index (χ4n) is 4.56. The molecule has 2 aromatic carbocycles. The molecule has 0 radical (unpaired) electrons. The number of aromatic nitrogens is 1. The molecule has 0 aliphatic rings. The van der Waals surface area contributed by atoms with Crippen LogP contribution in [0.5, 0.6) is 5.75 Å². The molecule has 0 aliphatic heterocycles. The van der Waals surface area contributed by atoms with E-state index in [0.717, 1.165) is 22.2 Å². The van der Waals surface area contributed by atoms with Crippen molar-refractivity contribution in [3.05, 3.63) is 101 Å².